The number of nitrogens with zero attached hydrogens (tertiary/aromatic N) is 3. The van der Waals surface area contributed by atoms with Crippen molar-refractivity contribution >= 4 is 16.9 Å². The first-order valence-corrected chi connectivity index (χ1v) is 8.85. The Balaban J connectivity index is 1.77. The number of hydrogen-bond donors (Lipinski definition) is 1. The molecule has 2 heterocycles. The minimum atomic E-state index is -0.125. The van der Waals surface area contributed by atoms with Gasteiger partial charge in [-0.15, -0.1) is 0 Å². The minimum absolute atomic E-state index is 0.125. The average Bonchev–Trinajstić information content (AvgIpc) is 3.00. The van der Waals surface area contributed by atoms with Crippen LogP contribution in [-0.4, -0.2) is 20.7 Å². The molecular formula is C22H20N4O. The van der Waals surface area contributed by atoms with E-state index in [0.717, 1.165) is 27.9 Å². The molecule has 0 unspecified atom stereocenters. The SMILES string of the molecule is Cc1nn(C)c2nc(-c3ccccc3)cc(C(=O)NCc3ccccc3)c12. The predicted octanol–water partition coefficient (Wildman–Crippen LogP) is 3.87. The first-order valence-electron chi connectivity index (χ1n) is 8.85. The maximum Gasteiger partial charge on any atom is 0.252 e. The van der Waals surface area contributed by atoms with Gasteiger partial charge in [0.1, 0.15) is 0 Å². The lowest BCUT2D eigenvalue weighted by Gasteiger charge is -2.09. The van der Waals surface area contributed by atoms with Crippen molar-refractivity contribution < 1.29 is 4.79 Å². The fraction of sp³-hybridized carbons (Fsp3) is 0.136. The van der Waals surface area contributed by atoms with Crippen LogP contribution in [0.5, 0.6) is 0 Å². The molecule has 0 spiro atoms. The number of rotatable bonds is 4. The summed E-state index contributed by atoms with van der Waals surface area (Å²) in [7, 11) is 1.85. The van der Waals surface area contributed by atoms with Crippen molar-refractivity contribution in [1.29, 1.82) is 0 Å². The van der Waals surface area contributed by atoms with E-state index < -0.39 is 0 Å². The van der Waals surface area contributed by atoms with Crippen molar-refractivity contribution in [1.82, 2.24) is 20.1 Å². The third-order valence-electron chi connectivity index (χ3n) is 4.58. The molecule has 0 aliphatic rings. The largest absolute Gasteiger partial charge is 0.348 e. The van der Waals surface area contributed by atoms with Crippen molar-refractivity contribution in [2.45, 2.75) is 13.5 Å². The predicted molar refractivity (Wildman–Crippen MR) is 106 cm³/mol. The highest BCUT2D eigenvalue weighted by Gasteiger charge is 2.19. The van der Waals surface area contributed by atoms with Gasteiger partial charge in [-0.05, 0) is 18.6 Å². The fourth-order valence-corrected chi connectivity index (χ4v) is 3.25. The normalized spacial score (nSPS) is 10.9. The Morgan fingerprint density at radius 2 is 1.70 bits per heavy atom. The molecule has 5 nitrogen and oxygen atoms in total. The Kier molecular flexibility index (Phi) is 4.42. The zero-order valence-corrected chi connectivity index (χ0v) is 15.3. The van der Waals surface area contributed by atoms with Gasteiger partial charge in [0.15, 0.2) is 5.65 Å². The topological polar surface area (TPSA) is 59.8 Å². The zero-order valence-electron chi connectivity index (χ0n) is 15.3. The molecule has 1 N–H and O–H groups in total. The Labute approximate surface area is 157 Å². The summed E-state index contributed by atoms with van der Waals surface area (Å²) >= 11 is 0. The highest BCUT2D eigenvalue weighted by Crippen LogP contribution is 2.26. The van der Waals surface area contributed by atoms with Crippen LogP contribution in [0, 0.1) is 6.92 Å². The molecule has 2 aromatic heterocycles. The third-order valence-corrected chi connectivity index (χ3v) is 4.58. The second-order valence-electron chi connectivity index (χ2n) is 6.50. The summed E-state index contributed by atoms with van der Waals surface area (Å²) in [5.74, 6) is -0.125. The molecule has 0 saturated heterocycles. The van der Waals surface area contributed by atoms with E-state index in [1.807, 2.05) is 80.7 Å². The number of hydrogen-bond acceptors (Lipinski definition) is 3. The summed E-state index contributed by atoms with van der Waals surface area (Å²) in [6, 6.07) is 21.6. The van der Waals surface area contributed by atoms with Gasteiger partial charge < -0.3 is 5.32 Å². The number of fused-ring (bicyclic) bond motifs is 1. The number of carbonyl (C=O) groups is 1. The smallest absolute Gasteiger partial charge is 0.252 e. The van der Waals surface area contributed by atoms with Gasteiger partial charge in [-0.2, -0.15) is 5.10 Å². The zero-order chi connectivity index (χ0) is 18.8. The third kappa shape index (κ3) is 3.31. The fourth-order valence-electron chi connectivity index (χ4n) is 3.25. The Bertz CT molecular complexity index is 1100. The van der Waals surface area contributed by atoms with E-state index in [1.165, 1.54) is 0 Å². The van der Waals surface area contributed by atoms with Crippen molar-refractivity contribution in [3.05, 3.63) is 83.6 Å². The number of aryl methyl sites for hydroxylation is 2. The lowest BCUT2D eigenvalue weighted by Crippen LogP contribution is -2.23. The molecule has 1 amide bonds. The van der Waals surface area contributed by atoms with Crippen LogP contribution in [0.25, 0.3) is 22.3 Å². The number of pyridine rings is 1. The highest BCUT2D eigenvalue weighted by atomic mass is 16.1. The van der Waals surface area contributed by atoms with E-state index in [-0.39, 0.29) is 5.91 Å². The molecule has 2 aromatic carbocycles. The standard InChI is InChI=1S/C22H20N4O/c1-15-20-18(22(27)23-14-16-9-5-3-6-10-16)13-19(17-11-7-4-8-12-17)24-21(20)26(2)25-15/h3-13H,14H2,1-2H3,(H,23,27). The summed E-state index contributed by atoms with van der Waals surface area (Å²) in [5.41, 5.74) is 4.89. The molecule has 0 radical (unpaired) electrons. The Morgan fingerprint density at radius 1 is 1.04 bits per heavy atom. The van der Waals surface area contributed by atoms with Gasteiger partial charge in [-0.25, -0.2) is 4.98 Å². The van der Waals surface area contributed by atoms with Crippen LogP contribution in [0.2, 0.25) is 0 Å². The number of aromatic nitrogens is 3. The first kappa shape index (κ1) is 17.0. The quantitative estimate of drug-likeness (QED) is 0.604. The van der Waals surface area contributed by atoms with E-state index in [2.05, 4.69) is 10.4 Å². The van der Waals surface area contributed by atoms with Crippen molar-refractivity contribution in [3.63, 3.8) is 0 Å². The summed E-state index contributed by atoms with van der Waals surface area (Å²) in [5, 5.41) is 8.27. The van der Waals surface area contributed by atoms with E-state index in [0.29, 0.717) is 17.8 Å². The summed E-state index contributed by atoms with van der Waals surface area (Å²) < 4.78 is 1.73. The molecule has 134 valence electrons. The summed E-state index contributed by atoms with van der Waals surface area (Å²) in [6.07, 6.45) is 0. The number of carbonyl (C=O) groups excluding carboxylic acids is 1. The van der Waals surface area contributed by atoms with E-state index >= 15 is 0 Å². The number of nitrogens with one attached hydrogen (secondary N) is 1. The second-order valence-corrected chi connectivity index (χ2v) is 6.50. The van der Waals surface area contributed by atoms with Crippen molar-refractivity contribution in [3.8, 4) is 11.3 Å². The molecule has 27 heavy (non-hydrogen) atoms. The molecule has 0 saturated carbocycles. The molecule has 0 atom stereocenters. The molecule has 4 rings (SSSR count). The molecule has 0 aliphatic carbocycles. The highest BCUT2D eigenvalue weighted by molar-refractivity contribution is 6.07. The van der Waals surface area contributed by atoms with E-state index in [4.69, 9.17) is 4.98 Å². The lowest BCUT2D eigenvalue weighted by molar-refractivity contribution is 0.0952. The molecular weight excluding hydrogens is 336 g/mol. The summed E-state index contributed by atoms with van der Waals surface area (Å²) in [4.78, 5) is 17.7. The molecule has 0 fully saturated rings. The van der Waals surface area contributed by atoms with Gasteiger partial charge in [0.25, 0.3) is 5.91 Å². The Morgan fingerprint density at radius 3 is 2.41 bits per heavy atom. The second kappa shape index (κ2) is 7.03. The maximum atomic E-state index is 13.0. The van der Waals surface area contributed by atoms with Gasteiger partial charge in [0.2, 0.25) is 0 Å². The van der Waals surface area contributed by atoms with E-state index in [9.17, 15) is 4.79 Å². The van der Waals surface area contributed by atoms with Gasteiger partial charge in [-0.3, -0.25) is 9.48 Å². The average molecular weight is 356 g/mol. The van der Waals surface area contributed by atoms with Crippen LogP contribution in [0.15, 0.2) is 66.7 Å². The number of amides is 1. The first-order chi connectivity index (χ1) is 13.1. The van der Waals surface area contributed by atoms with Crippen LogP contribution in [0.4, 0.5) is 0 Å². The van der Waals surface area contributed by atoms with Crippen LogP contribution in [-0.2, 0) is 13.6 Å². The van der Waals surface area contributed by atoms with Crippen LogP contribution in [0.3, 0.4) is 0 Å². The van der Waals surface area contributed by atoms with E-state index in [1.54, 1.807) is 4.68 Å². The van der Waals surface area contributed by atoms with Crippen molar-refractivity contribution in [2.24, 2.45) is 7.05 Å². The van der Waals surface area contributed by atoms with Crippen LogP contribution in [0.1, 0.15) is 21.6 Å². The molecule has 0 aliphatic heterocycles. The van der Waals surface area contributed by atoms with Gasteiger partial charge in [-0.1, -0.05) is 60.7 Å². The molecule has 4 aromatic rings. The maximum absolute atomic E-state index is 13.0. The van der Waals surface area contributed by atoms with Gasteiger partial charge in [0.05, 0.1) is 22.3 Å². The molecule has 0 bridgehead atoms. The van der Waals surface area contributed by atoms with Gasteiger partial charge in [0, 0.05) is 19.2 Å². The summed E-state index contributed by atoms with van der Waals surface area (Å²) in [6.45, 7) is 2.38. The monoisotopic (exact) mass is 356 g/mol. The lowest BCUT2D eigenvalue weighted by atomic mass is 10.0. The Hall–Kier alpha value is -3.47. The molecule has 5 heteroatoms. The van der Waals surface area contributed by atoms with Crippen LogP contribution >= 0.6 is 0 Å². The van der Waals surface area contributed by atoms with Crippen LogP contribution < -0.4 is 5.32 Å². The van der Waals surface area contributed by atoms with Crippen molar-refractivity contribution in [2.75, 3.05) is 0 Å². The number of benzene rings is 2. The van der Waals surface area contributed by atoms with Gasteiger partial charge >= 0.3 is 0 Å². The minimum Gasteiger partial charge on any atom is -0.348 e.